The maximum absolute atomic E-state index is 12.0. The molecule has 1 fully saturated rings. The van der Waals surface area contributed by atoms with Gasteiger partial charge in [-0.1, -0.05) is 12.1 Å². The molecule has 0 aromatic heterocycles. The van der Waals surface area contributed by atoms with Crippen molar-refractivity contribution in [3.63, 3.8) is 0 Å². The lowest BCUT2D eigenvalue weighted by molar-refractivity contribution is 0.0949. The average Bonchev–Trinajstić information content (AvgIpc) is 2.82. The highest BCUT2D eigenvalue weighted by Gasteiger charge is 2.16. The quantitative estimate of drug-likeness (QED) is 0.825. The highest BCUT2D eigenvalue weighted by Crippen LogP contribution is 2.16. The van der Waals surface area contributed by atoms with Gasteiger partial charge in [0, 0.05) is 16.2 Å². The lowest BCUT2D eigenvalue weighted by atomic mass is 10.1. The lowest BCUT2D eigenvalue weighted by Crippen LogP contribution is -2.37. The molecule has 1 amide bonds. The van der Waals surface area contributed by atoms with E-state index in [1.165, 1.54) is 6.42 Å². The number of rotatable bonds is 3. The van der Waals surface area contributed by atoms with Crippen LogP contribution in [0.2, 0.25) is 0 Å². The first-order chi connectivity index (χ1) is 8.18. The van der Waals surface area contributed by atoms with Crippen LogP contribution in [-0.2, 0) is 0 Å². The number of amides is 1. The molecule has 92 valence electrons. The van der Waals surface area contributed by atoms with E-state index in [9.17, 15) is 4.79 Å². The second-order valence-electron chi connectivity index (χ2n) is 4.44. The topological polar surface area (TPSA) is 41.1 Å². The van der Waals surface area contributed by atoms with Crippen molar-refractivity contribution in [1.29, 1.82) is 0 Å². The summed E-state index contributed by atoms with van der Waals surface area (Å²) in [5.74, 6) is 0.0341. The third-order valence-electron chi connectivity index (χ3n) is 3.11. The normalized spacial score (nSPS) is 19.3. The van der Waals surface area contributed by atoms with Gasteiger partial charge in [-0.05, 0) is 60.5 Å². The third kappa shape index (κ3) is 3.19. The summed E-state index contributed by atoms with van der Waals surface area (Å²) < 4.78 is 1.04. The van der Waals surface area contributed by atoms with Crippen LogP contribution in [-0.4, -0.2) is 25.0 Å². The second kappa shape index (κ2) is 5.82. The summed E-state index contributed by atoms with van der Waals surface area (Å²) >= 11 is 2.23. The van der Waals surface area contributed by atoms with E-state index in [0.717, 1.165) is 34.2 Å². The van der Waals surface area contributed by atoms with Gasteiger partial charge in [0.1, 0.15) is 0 Å². The molecule has 2 rings (SSSR count). The van der Waals surface area contributed by atoms with Gasteiger partial charge >= 0.3 is 0 Å². The molecule has 1 aliphatic heterocycles. The number of carbonyl (C=O) groups is 1. The fraction of sp³-hybridized carbons (Fsp3) is 0.462. The first-order valence-electron chi connectivity index (χ1n) is 5.95. The van der Waals surface area contributed by atoms with Gasteiger partial charge in [0.25, 0.3) is 5.91 Å². The molecule has 17 heavy (non-hydrogen) atoms. The Kier molecular flexibility index (Phi) is 4.39. The van der Waals surface area contributed by atoms with Crippen molar-refractivity contribution in [2.75, 3.05) is 13.1 Å². The van der Waals surface area contributed by atoms with E-state index in [-0.39, 0.29) is 5.91 Å². The Morgan fingerprint density at radius 2 is 2.41 bits per heavy atom. The van der Waals surface area contributed by atoms with E-state index in [0.29, 0.717) is 6.04 Å². The van der Waals surface area contributed by atoms with Gasteiger partial charge in [-0.3, -0.25) is 4.79 Å². The van der Waals surface area contributed by atoms with E-state index in [2.05, 4.69) is 33.2 Å². The van der Waals surface area contributed by atoms with Crippen LogP contribution in [0.5, 0.6) is 0 Å². The van der Waals surface area contributed by atoms with Crippen molar-refractivity contribution >= 4 is 28.5 Å². The van der Waals surface area contributed by atoms with E-state index in [1.54, 1.807) is 0 Å². The van der Waals surface area contributed by atoms with Crippen LogP contribution in [0.15, 0.2) is 18.2 Å². The lowest BCUT2D eigenvalue weighted by Gasteiger charge is -2.12. The van der Waals surface area contributed by atoms with Crippen molar-refractivity contribution in [2.45, 2.75) is 25.8 Å². The van der Waals surface area contributed by atoms with Crippen molar-refractivity contribution in [2.24, 2.45) is 0 Å². The SMILES string of the molecule is Cc1cccc(C(=O)NCC2CCCN2)c1I. The van der Waals surface area contributed by atoms with Crippen LogP contribution >= 0.6 is 22.6 Å². The smallest absolute Gasteiger partial charge is 0.252 e. The van der Waals surface area contributed by atoms with Crippen LogP contribution in [0, 0.1) is 10.5 Å². The number of nitrogens with one attached hydrogen (secondary N) is 2. The fourth-order valence-electron chi connectivity index (χ4n) is 2.06. The Morgan fingerprint density at radius 3 is 3.12 bits per heavy atom. The Hall–Kier alpha value is -0.620. The molecule has 1 heterocycles. The van der Waals surface area contributed by atoms with Crippen LogP contribution < -0.4 is 10.6 Å². The molecule has 0 bridgehead atoms. The summed E-state index contributed by atoms with van der Waals surface area (Å²) in [6.45, 7) is 3.82. The van der Waals surface area contributed by atoms with Crippen LogP contribution in [0.25, 0.3) is 0 Å². The maximum Gasteiger partial charge on any atom is 0.252 e. The molecule has 2 N–H and O–H groups in total. The van der Waals surface area contributed by atoms with Gasteiger partial charge in [-0.15, -0.1) is 0 Å². The summed E-state index contributed by atoms with van der Waals surface area (Å²) in [5.41, 5.74) is 1.93. The van der Waals surface area contributed by atoms with E-state index in [4.69, 9.17) is 0 Å². The van der Waals surface area contributed by atoms with Crippen LogP contribution in [0.4, 0.5) is 0 Å². The Labute approximate surface area is 116 Å². The third-order valence-corrected chi connectivity index (χ3v) is 4.54. The molecule has 1 aromatic carbocycles. The van der Waals surface area contributed by atoms with Gasteiger partial charge < -0.3 is 10.6 Å². The van der Waals surface area contributed by atoms with Crippen LogP contribution in [0.3, 0.4) is 0 Å². The van der Waals surface area contributed by atoms with Crippen molar-refractivity contribution < 1.29 is 4.79 Å². The standard InChI is InChI=1S/C13H17IN2O/c1-9-4-2-6-11(12(9)14)13(17)16-8-10-5-3-7-15-10/h2,4,6,10,15H,3,5,7-8H2,1H3,(H,16,17). The van der Waals surface area contributed by atoms with Crippen LogP contribution in [0.1, 0.15) is 28.8 Å². The number of halogens is 1. The predicted molar refractivity (Wildman–Crippen MR) is 77.3 cm³/mol. The summed E-state index contributed by atoms with van der Waals surface area (Å²) in [4.78, 5) is 12.0. The molecule has 1 aliphatic rings. The minimum atomic E-state index is 0.0341. The van der Waals surface area contributed by atoms with Crippen molar-refractivity contribution in [3.8, 4) is 0 Å². The first kappa shape index (κ1) is 12.8. The summed E-state index contributed by atoms with van der Waals surface area (Å²) in [6, 6.07) is 6.28. The predicted octanol–water partition coefficient (Wildman–Crippen LogP) is 2.08. The number of hydrogen-bond donors (Lipinski definition) is 2. The fourth-order valence-corrected chi connectivity index (χ4v) is 2.67. The van der Waals surface area contributed by atoms with E-state index < -0.39 is 0 Å². The molecule has 4 heteroatoms. The molecular formula is C13H17IN2O. The molecule has 1 saturated heterocycles. The number of hydrogen-bond acceptors (Lipinski definition) is 2. The Bertz CT molecular complexity index is 414. The van der Waals surface area contributed by atoms with Crippen molar-refractivity contribution in [1.82, 2.24) is 10.6 Å². The molecule has 0 spiro atoms. The summed E-state index contributed by atoms with van der Waals surface area (Å²) in [6.07, 6.45) is 2.37. The van der Waals surface area contributed by atoms with E-state index in [1.807, 2.05) is 25.1 Å². The van der Waals surface area contributed by atoms with Gasteiger partial charge in [0.05, 0.1) is 5.56 Å². The van der Waals surface area contributed by atoms with Gasteiger partial charge in [-0.25, -0.2) is 0 Å². The highest BCUT2D eigenvalue weighted by molar-refractivity contribution is 14.1. The molecule has 3 nitrogen and oxygen atoms in total. The first-order valence-corrected chi connectivity index (χ1v) is 7.03. The zero-order valence-electron chi connectivity index (χ0n) is 9.92. The molecule has 1 aromatic rings. The molecular weight excluding hydrogens is 327 g/mol. The molecule has 0 saturated carbocycles. The molecule has 0 radical (unpaired) electrons. The second-order valence-corrected chi connectivity index (χ2v) is 5.52. The van der Waals surface area contributed by atoms with Gasteiger partial charge in [0.2, 0.25) is 0 Å². The summed E-state index contributed by atoms with van der Waals surface area (Å²) in [7, 11) is 0. The Balaban J connectivity index is 1.97. The summed E-state index contributed by atoms with van der Waals surface area (Å²) in [5, 5.41) is 6.38. The molecule has 0 aliphatic carbocycles. The number of carbonyl (C=O) groups excluding carboxylic acids is 1. The van der Waals surface area contributed by atoms with Gasteiger partial charge in [-0.2, -0.15) is 0 Å². The minimum Gasteiger partial charge on any atom is -0.350 e. The van der Waals surface area contributed by atoms with Crippen molar-refractivity contribution in [3.05, 3.63) is 32.9 Å². The Morgan fingerprint density at radius 1 is 1.59 bits per heavy atom. The highest BCUT2D eigenvalue weighted by atomic mass is 127. The maximum atomic E-state index is 12.0. The van der Waals surface area contributed by atoms with E-state index >= 15 is 0 Å². The zero-order valence-corrected chi connectivity index (χ0v) is 12.1. The number of benzene rings is 1. The monoisotopic (exact) mass is 344 g/mol. The molecule has 1 unspecified atom stereocenters. The largest absolute Gasteiger partial charge is 0.350 e. The average molecular weight is 344 g/mol. The minimum absolute atomic E-state index is 0.0341. The molecule has 1 atom stereocenters. The zero-order chi connectivity index (χ0) is 12.3. The number of aryl methyl sites for hydroxylation is 1. The van der Waals surface area contributed by atoms with Gasteiger partial charge in [0.15, 0.2) is 0 Å².